The molecule has 1 aromatic carbocycles. The van der Waals surface area contributed by atoms with Crippen LogP contribution in [0.3, 0.4) is 0 Å². The van der Waals surface area contributed by atoms with Crippen LogP contribution in [0, 0.1) is 11.3 Å². The van der Waals surface area contributed by atoms with Crippen molar-refractivity contribution in [1.82, 2.24) is 24.7 Å². The van der Waals surface area contributed by atoms with Crippen LogP contribution in [0.5, 0.6) is 0 Å². The van der Waals surface area contributed by atoms with E-state index in [4.69, 9.17) is 5.26 Å². The van der Waals surface area contributed by atoms with Crippen molar-refractivity contribution < 1.29 is 4.79 Å². The fraction of sp³-hybridized carbons (Fsp3) is 0.105. The summed E-state index contributed by atoms with van der Waals surface area (Å²) in [4.78, 5) is 23.8. The molecule has 0 radical (unpaired) electrons. The average Bonchev–Trinajstić information content (AvgIpc) is 3.32. The van der Waals surface area contributed by atoms with Gasteiger partial charge in [-0.25, -0.2) is 9.97 Å². The van der Waals surface area contributed by atoms with Gasteiger partial charge >= 0.3 is 0 Å². The molecular weight excluding hydrogens is 356 g/mol. The summed E-state index contributed by atoms with van der Waals surface area (Å²) in [6.45, 7) is 0. The lowest BCUT2D eigenvalue weighted by molar-refractivity contribution is -0.115. The predicted molar refractivity (Wildman–Crippen MR) is 105 cm³/mol. The number of aromatic amines is 1. The highest BCUT2D eigenvalue weighted by Crippen LogP contribution is 2.32. The minimum atomic E-state index is -0.345. The van der Waals surface area contributed by atoms with E-state index < -0.39 is 0 Å². The van der Waals surface area contributed by atoms with Gasteiger partial charge in [-0.1, -0.05) is 0 Å². The molecule has 0 aliphatic heterocycles. The highest BCUT2D eigenvalue weighted by Gasteiger charge is 2.13. The van der Waals surface area contributed by atoms with Gasteiger partial charge in [-0.3, -0.25) is 9.48 Å². The van der Waals surface area contributed by atoms with E-state index in [9.17, 15) is 4.79 Å². The Morgan fingerprint density at radius 1 is 1.32 bits per heavy atom. The Labute approximate surface area is 160 Å². The molecule has 0 atom stereocenters. The number of nitrogens with zero attached hydrogens (tertiary/aromatic N) is 5. The zero-order valence-corrected chi connectivity index (χ0v) is 15.0. The molecule has 0 aliphatic rings. The van der Waals surface area contributed by atoms with Gasteiger partial charge in [0.2, 0.25) is 11.9 Å². The third-order valence-electron chi connectivity index (χ3n) is 4.13. The number of hydrogen-bond donors (Lipinski definition) is 3. The Bertz CT molecular complexity index is 1200. The Hall–Kier alpha value is -4.19. The first-order chi connectivity index (χ1) is 13.6. The van der Waals surface area contributed by atoms with E-state index in [-0.39, 0.29) is 12.3 Å². The molecule has 0 saturated heterocycles. The van der Waals surface area contributed by atoms with Crippen LogP contribution in [0.1, 0.15) is 6.42 Å². The molecule has 0 aliphatic carbocycles. The van der Waals surface area contributed by atoms with Gasteiger partial charge in [-0.05, 0) is 24.3 Å². The topological polar surface area (TPSA) is 124 Å². The molecule has 0 bridgehead atoms. The Kier molecular flexibility index (Phi) is 4.43. The van der Waals surface area contributed by atoms with Crippen molar-refractivity contribution in [2.24, 2.45) is 7.05 Å². The Morgan fingerprint density at radius 3 is 3.00 bits per heavy atom. The number of H-pyrrole nitrogens is 1. The third-order valence-corrected chi connectivity index (χ3v) is 4.13. The summed E-state index contributed by atoms with van der Waals surface area (Å²) in [5.41, 5.74) is 3.86. The van der Waals surface area contributed by atoms with E-state index in [2.05, 4.69) is 30.7 Å². The van der Waals surface area contributed by atoms with Crippen molar-refractivity contribution in [3.63, 3.8) is 0 Å². The zero-order valence-electron chi connectivity index (χ0n) is 15.0. The van der Waals surface area contributed by atoms with E-state index in [1.807, 2.05) is 37.5 Å². The van der Waals surface area contributed by atoms with Crippen molar-refractivity contribution in [2.45, 2.75) is 6.42 Å². The number of carbonyl (C=O) groups is 1. The second-order valence-corrected chi connectivity index (χ2v) is 6.10. The van der Waals surface area contributed by atoms with Crippen LogP contribution in [0.4, 0.5) is 17.3 Å². The molecule has 0 fully saturated rings. The fourth-order valence-corrected chi connectivity index (χ4v) is 2.93. The van der Waals surface area contributed by atoms with Crippen LogP contribution < -0.4 is 10.6 Å². The molecule has 138 valence electrons. The monoisotopic (exact) mass is 372 g/mol. The maximum atomic E-state index is 11.8. The lowest BCUT2D eigenvalue weighted by Crippen LogP contribution is -2.10. The highest BCUT2D eigenvalue weighted by atomic mass is 16.1. The highest BCUT2D eigenvalue weighted by molar-refractivity contribution is 6.06. The van der Waals surface area contributed by atoms with Gasteiger partial charge < -0.3 is 15.6 Å². The number of aryl methyl sites for hydroxylation is 1. The Balaban J connectivity index is 1.68. The first-order valence-corrected chi connectivity index (χ1v) is 8.50. The van der Waals surface area contributed by atoms with Gasteiger partial charge in [0, 0.05) is 36.6 Å². The van der Waals surface area contributed by atoms with Crippen molar-refractivity contribution in [1.29, 1.82) is 5.26 Å². The van der Waals surface area contributed by atoms with Gasteiger partial charge in [0.15, 0.2) is 0 Å². The van der Waals surface area contributed by atoms with Crippen LogP contribution >= 0.6 is 0 Å². The average molecular weight is 372 g/mol. The van der Waals surface area contributed by atoms with Crippen molar-refractivity contribution >= 4 is 34.1 Å². The largest absolute Gasteiger partial charge is 0.361 e. The molecule has 0 spiro atoms. The summed E-state index contributed by atoms with van der Waals surface area (Å²) in [7, 11) is 1.83. The summed E-state index contributed by atoms with van der Waals surface area (Å²) in [6, 6.07) is 9.21. The molecule has 3 aromatic heterocycles. The molecule has 0 unspecified atom stereocenters. The molecule has 0 saturated carbocycles. The molecular formula is C19H16N8O. The predicted octanol–water partition coefficient (Wildman–Crippen LogP) is 2.95. The Morgan fingerprint density at radius 2 is 2.21 bits per heavy atom. The van der Waals surface area contributed by atoms with E-state index in [0.29, 0.717) is 11.6 Å². The van der Waals surface area contributed by atoms with Gasteiger partial charge in [0.1, 0.15) is 6.42 Å². The number of hydrogen-bond acceptors (Lipinski definition) is 6. The van der Waals surface area contributed by atoms with Crippen molar-refractivity contribution in [2.75, 3.05) is 10.6 Å². The zero-order chi connectivity index (χ0) is 19.5. The summed E-state index contributed by atoms with van der Waals surface area (Å²) in [5, 5.41) is 19.5. The van der Waals surface area contributed by atoms with Crippen LogP contribution in [0.15, 0.2) is 49.1 Å². The van der Waals surface area contributed by atoms with Gasteiger partial charge in [-0.2, -0.15) is 10.4 Å². The molecule has 28 heavy (non-hydrogen) atoms. The smallest absolute Gasteiger partial charge is 0.238 e. The number of nitriles is 1. The van der Waals surface area contributed by atoms with Crippen LogP contribution in [0.25, 0.3) is 22.2 Å². The van der Waals surface area contributed by atoms with E-state index in [0.717, 1.165) is 27.8 Å². The standard InChI is InChI=1S/C19H16N8O/c1-27-11-12(10-23-27)24-19-22-9-6-16(26-19)13-2-3-15(25-17(28)4-7-20)14-5-8-21-18(13)14/h2-3,5-6,8-11,21H,4H2,1H3,(H,25,28)(H,22,24,26). The van der Waals surface area contributed by atoms with Crippen LogP contribution in [-0.2, 0) is 11.8 Å². The summed E-state index contributed by atoms with van der Waals surface area (Å²) < 4.78 is 1.69. The minimum Gasteiger partial charge on any atom is -0.361 e. The fourth-order valence-electron chi connectivity index (χ4n) is 2.93. The summed E-state index contributed by atoms with van der Waals surface area (Å²) in [5.74, 6) is 0.111. The van der Waals surface area contributed by atoms with Crippen molar-refractivity contribution in [3.05, 3.63) is 49.1 Å². The lowest BCUT2D eigenvalue weighted by atomic mass is 10.1. The molecule has 9 heteroatoms. The number of benzene rings is 1. The van der Waals surface area contributed by atoms with E-state index >= 15 is 0 Å². The molecule has 4 rings (SSSR count). The number of rotatable bonds is 5. The number of aromatic nitrogens is 5. The number of amides is 1. The molecule has 4 aromatic rings. The number of carbonyl (C=O) groups excluding carboxylic acids is 1. The van der Waals surface area contributed by atoms with Crippen LogP contribution in [0.2, 0.25) is 0 Å². The van der Waals surface area contributed by atoms with E-state index in [1.54, 1.807) is 29.3 Å². The second-order valence-electron chi connectivity index (χ2n) is 6.10. The lowest BCUT2D eigenvalue weighted by Gasteiger charge is -2.09. The van der Waals surface area contributed by atoms with Gasteiger partial charge in [-0.15, -0.1) is 0 Å². The van der Waals surface area contributed by atoms with Crippen molar-refractivity contribution in [3.8, 4) is 17.3 Å². The number of nitrogens with one attached hydrogen (secondary N) is 3. The number of fused-ring (bicyclic) bond motifs is 1. The van der Waals surface area contributed by atoms with Gasteiger partial charge in [0.25, 0.3) is 0 Å². The maximum absolute atomic E-state index is 11.8. The van der Waals surface area contributed by atoms with Gasteiger partial charge in [0.05, 0.1) is 34.9 Å². The quantitative estimate of drug-likeness (QED) is 0.495. The van der Waals surface area contributed by atoms with E-state index in [1.165, 1.54) is 0 Å². The summed E-state index contributed by atoms with van der Waals surface area (Å²) in [6.07, 6.45) is 6.81. The second kappa shape index (κ2) is 7.20. The maximum Gasteiger partial charge on any atom is 0.238 e. The molecule has 9 nitrogen and oxygen atoms in total. The minimum absolute atomic E-state index is 0.192. The molecule has 1 amide bonds. The SMILES string of the molecule is Cn1cc(Nc2nccc(-c3ccc(NC(=O)CC#N)c4cc[nH]c34)n2)cn1. The summed E-state index contributed by atoms with van der Waals surface area (Å²) >= 11 is 0. The molecule has 3 N–H and O–H groups in total. The normalized spacial score (nSPS) is 10.6. The van der Waals surface area contributed by atoms with Crippen LogP contribution in [-0.4, -0.2) is 30.6 Å². The third kappa shape index (κ3) is 3.39. The number of anilines is 3. The first-order valence-electron chi connectivity index (χ1n) is 8.50. The first kappa shape index (κ1) is 17.2. The molecule has 3 heterocycles.